The Labute approximate surface area is 121 Å². The number of nitrogens with zero attached hydrogens (tertiary/aromatic N) is 1. The molecule has 2 N–H and O–H groups in total. The summed E-state index contributed by atoms with van der Waals surface area (Å²) >= 11 is 0. The summed E-state index contributed by atoms with van der Waals surface area (Å²) in [6.07, 6.45) is 2.72. The molecule has 2 unspecified atom stereocenters. The lowest BCUT2D eigenvalue weighted by molar-refractivity contribution is -0.336. The Kier molecular flexibility index (Phi) is 8.09. The van der Waals surface area contributed by atoms with E-state index in [0.29, 0.717) is 0 Å². The van der Waals surface area contributed by atoms with Gasteiger partial charge in [-0.25, -0.2) is 0 Å². The lowest BCUT2D eigenvalue weighted by Crippen LogP contribution is -2.98. The van der Waals surface area contributed by atoms with E-state index in [4.69, 9.17) is 4.03 Å². The first-order valence-corrected chi connectivity index (χ1v) is 17.2. The van der Waals surface area contributed by atoms with Crippen LogP contribution < -0.4 is 4.39 Å². The van der Waals surface area contributed by atoms with Crippen LogP contribution >= 0.6 is 7.92 Å². The van der Waals surface area contributed by atoms with E-state index in [2.05, 4.69) is 64.4 Å². The van der Waals surface area contributed by atoms with E-state index in [1.54, 1.807) is 0 Å². The Bertz CT molecular complexity index is 281. The minimum atomic E-state index is -1.32. The maximum absolute atomic E-state index is 5.27. The molecule has 0 aromatic rings. The lowest BCUT2D eigenvalue weighted by atomic mass is 10.9. The molecule has 110 valence electrons. The maximum atomic E-state index is 5.27. The first kappa shape index (κ1) is 19.0. The molecule has 0 amide bonds. The van der Waals surface area contributed by atoms with E-state index >= 15 is 0 Å². The molecule has 0 bridgehead atoms. The maximum Gasteiger partial charge on any atom is 0.285 e. The Morgan fingerprint density at radius 1 is 1.06 bits per heavy atom. The van der Waals surface area contributed by atoms with Gasteiger partial charge < -0.3 is 4.39 Å². The second-order valence-electron chi connectivity index (χ2n) is 6.91. The molecule has 0 spiro atoms. The molecule has 0 aliphatic heterocycles. The van der Waals surface area contributed by atoms with E-state index < -0.39 is 16.5 Å². The molecule has 6 heteroatoms. The van der Waals surface area contributed by atoms with Crippen LogP contribution in [0.4, 0.5) is 0 Å². The van der Waals surface area contributed by atoms with Crippen molar-refractivity contribution in [1.29, 1.82) is 0 Å². The number of rotatable bonds is 7. The van der Waals surface area contributed by atoms with E-state index in [9.17, 15) is 0 Å². The SMILES string of the molecule is CCP(CC)C(C)S(=N[Si](C)(C)C)[NH2+][Si](C)(C)C. The van der Waals surface area contributed by atoms with E-state index in [-0.39, 0.29) is 18.8 Å². The van der Waals surface area contributed by atoms with Gasteiger partial charge in [-0.2, -0.15) is 0 Å². The van der Waals surface area contributed by atoms with Crippen LogP contribution in [-0.4, -0.2) is 33.8 Å². The normalized spacial score (nSPS) is 17.2. The largest absolute Gasteiger partial charge is 0.337 e. The average molecular weight is 326 g/mol. The van der Waals surface area contributed by atoms with Gasteiger partial charge in [0, 0.05) is 0 Å². The quantitative estimate of drug-likeness (QED) is 0.545. The molecule has 0 saturated carbocycles. The van der Waals surface area contributed by atoms with Gasteiger partial charge in [0.2, 0.25) is 0 Å². The molecule has 0 radical (unpaired) electrons. The van der Waals surface area contributed by atoms with Gasteiger partial charge >= 0.3 is 0 Å². The Morgan fingerprint density at radius 3 is 1.78 bits per heavy atom. The third-order valence-electron chi connectivity index (χ3n) is 2.53. The standard InChI is InChI=1S/C12H33N2PSSi2/c1-10-15(11-2)12(3)16(13-17(4,5)6)14-18(7,8)9/h12H,10-11H2,1-9H3,(H,13,14)/p+1. The van der Waals surface area contributed by atoms with Crippen molar-refractivity contribution in [1.82, 2.24) is 0 Å². The highest BCUT2D eigenvalue weighted by atomic mass is 32.2. The second kappa shape index (κ2) is 7.68. The van der Waals surface area contributed by atoms with Crippen molar-refractivity contribution in [2.75, 3.05) is 12.3 Å². The number of hydrogen-bond donors (Lipinski definition) is 1. The molecule has 2 atom stereocenters. The molecule has 0 aliphatic carbocycles. The minimum Gasteiger partial charge on any atom is -0.337 e. The van der Waals surface area contributed by atoms with Crippen molar-refractivity contribution >= 4 is 35.3 Å². The summed E-state index contributed by atoms with van der Waals surface area (Å²) in [5, 5.41) is 0. The summed E-state index contributed by atoms with van der Waals surface area (Å²) < 4.78 is 7.94. The molecule has 2 nitrogen and oxygen atoms in total. The van der Waals surface area contributed by atoms with E-state index in [1.165, 1.54) is 12.3 Å². The monoisotopic (exact) mass is 325 g/mol. The third-order valence-corrected chi connectivity index (χ3v) is 14.3. The highest BCUT2D eigenvalue weighted by Crippen LogP contribution is 2.41. The van der Waals surface area contributed by atoms with Crippen molar-refractivity contribution in [3.05, 3.63) is 0 Å². The molecule has 0 fully saturated rings. The predicted octanol–water partition coefficient (Wildman–Crippen LogP) is 3.80. The van der Waals surface area contributed by atoms with Crippen molar-refractivity contribution in [3.8, 4) is 0 Å². The van der Waals surface area contributed by atoms with Gasteiger partial charge in [-0.1, -0.05) is 21.8 Å². The van der Waals surface area contributed by atoms with Crippen LogP contribution in [0.5, 0.6) is 0 Å². The van der Waals surface area contributed by atoms with Crippen LogP contribution in [0.3, 0.4) is 0 Å². The zero-order valence-electron chi connectivity index (χ0n) is 13.9. The van der Waals surface area contributed by atoms with Crippen LogP contribution in [0.25, 0.3) is 0 Å². The van der Waals surface area contributed by atoms with Crippen molar-refractivity contribution in [2.45, 2.75) is 65.0 Å². The minimum absolute atomic E-state index is 0.169. The fourth-order valence-electron chi connectivity index (χ4n) is 1.77. The molecule has 0 aromatic heterocycles. The first-order chi connectivity index (χ1) is 8.00. The van der Waals surface area contributed by atoms with Gasteiger partial charge in [0.15, 0.2) is 8.24 Å². The van der Waals surface area contributed by atoms with Gasteiger partial charge in [0.05, 0.1) is 15.9 Å². The van der Waals surface area contributed by atoms with Crippen molar-refractivity contribution < 1.29 is 4.39 Å². The van der Waals surface area contributed by atoms with Gasteiger partial charge in [-0.05, 0) is 58.5 Å². The number of hydrogen-bond acceptors (Lipinski definition) is 1. The molecular formula is C12H34N2PSSi2+. The smallest absolute Gasteiger partial charge is 0.285 e. The van der Waals surface area contributed by atoms with Crippen LogP contribution in [0, 0.1) is 0 Å². The third kappa shape index (κ3) is 8.21. The van der Waals surface area contributed by atoms with E-state index in [0.717, 1.165) is 4.99 Å². The zero-order chi connectivity index (χ0) is 14.6. The topological polar surface area (TPSA) is 29.0 Å². The Hall–Kier alpha value is 0.974. The fraction of sp³-hybridized carbons (Fsp3) is 1.00. The summed E-state index contributed by atoms with van der Waals surface area (Å²) in [4.78, 5) is 0.799. The summed E-state index contributed by atoms with van der Waals surface area (Å²) in [5.74, 6) is 0. The van der Waals surface area contributed by atoms with Gasteiger partial charge in [0.25, 0.3) is 8.24 Å². The van der Waals surface area contributed by atoms with Crippen LogP contribution in [0.15, 0.2) is 4.03 Å². The molecule has 0 saturated heterocycles. The fourth-order valence-corrected chi connectivity index (χ4v) is 13.8. The summed E-state index contributed by atoms with van der Waals surface area (Å²) in [5.41, 5.74) is 0. The summed E-state index contributed by atoms with van der Waals surface area (Å²) in [6.45, 7) is 21.6. The van der Waals surface area contributed by atoms with E-state index in [1.807, 2.05) is 0 Å². The summed E-state index contributed by atoms with van der Waals surface area (Å²) in [6, 6.07) is 0. The van der Waals surface area contributed by atoms with Gasteiger partial charge in [0.1, 0.15) is 0 Å². The second-order valence-corrected chi connectivity index (χ2v) is 22.6. The molecular weight excluding hydrogens is 291 g/mol. The Morgan fingerprint density at radius 2 is 1.50 bits per heavy atom. The molecule has 0 aromatic carbocycles. The lowest BCUT2D eigenvalue weighted by Gasteiger charge is -2.28. The molecule has 0 aliphatic rings. The van der Waals surface area contributed by atoms with Crippen LogP contribution in [-0.2, 0) is 10.9 Å². The average Bonchev–Trinajstić information content (AvgIpc) is 2.14. The molecule has 0 rings (SSSR count). The number of nitrogens with two attached hydrogens (primary N) is 1. The predicted molar refractivity (Wildman–Crippen MR) is 95.9 cm³/mol. The Balaban J connectivity index is 5.16. The zero-order valence-corrected chi connectivity index (χ0v) is 17.6. The van der Waals surface area contributed by atoms with Gasteiger partial charge in [-0.3, -0.25) is 4.03 Å². The summed E-state index contributed by atoms with van der Waals surface area (Å²) in [7, 11) is -2.06. The molecule has 0 heterocycles. The van der Waals surface area contributed by atoms with Crippen LogP contribution in [0.2, 0.25) is 39.3 Å². The van der Waals surface area contributed by atoms with Crippen LogP contribution in [0.1, 0.15) is 20.8 Å². The van der Waals surface area contributed by atoms with Crippen molar-refractivity contribution in [2.24, 2.45) is 4.03 Å². The highest BCUT2D eigenvalue weighted by molar-refractivity contribution is 7.91. The first-order valence-electron chi connectivity index (χ1n) is 7.05. The molecule has 18 heavy (non-hydrogen) atoms. The van der Waals surface area contributed by atoms with Gasteiger partial charge in [-0.15, -0.1) is 0 Å². The van der Waals surface area contributed by atoms with Crippen molar-refractivity contribution in [3.63, 3.8) is 0 Å². The highest BCUT2D eigenvalue weighted by Gasteiger charge is 2.29. The number of quaternary nitrogens is 1.